The summed E-state index contributed by atoms with van der Waals surface area (Å²) in [4.78, 5) is 4.14. The first-order chi connectivity index (χ1) is 8.51. The smallest absolute Gasteiger partial charge is 0.139 e. The van der Waals surface area contributed by atoms with Crippen molar-refractivity contribution >= 4 is 5.69 Å². The van der Waals surface area contributed by atoms with Crippen LogP contribution in [0.1, 0.15) is 34.1 Å². The second kappa shape index (κ2) is 7.21. The van der Waals surface area contributed by atoms with Gasteiger partial charge >= 0.3 is 0 Å². The molecule has 1 N–H and O–H groups in total. The lowest BCUT2D eigenvalue weighted by molar-refractivity contribution is -0.0163. The Morgan fingerprint density at radius 1 is 1.22 bits per heavy atom. The Hall–Kier alpha value is -1.29. The summed E-state index contributed by atoms with van der Waals surface area (Å²) in [7, 11) is 0. The van der Waals surface area contributed by atoms with Crippen molar-refractivity contribution in [1.82, 2.24) is 4.98 Å². The van der Waals surface area contributed by atoms with E-state index in [1.165, 1.54) is 0 Å². The predicted molar refractivity (Wildman–Crippen MR) is 74.2 cm³/mol. The highest BCUT2D eigenvalue weighted by Crippen LogP contribution is 2.15. The number of nitrogens with zero attached hydrogens (tertiary/aromatic N) is 1. The largest absolute Gasteiger partial charge is 0.489 e. The molecular weight excluding hydrogens is 228 g/mol. The van der Waals surface area contributed by atoms with Crippen LogP contribution in [0.3, 0.4) is 0 Å². The molecule has 0 bridgehead atoms. The number of hydrogen-bond acceptors (Lipinski definition) is 4. The first kappa shape index (κ1) is 14.8. The van der Waals surface area contributed by atoms with Crippen molar-refractivity contribution in [2.24, 2.45) is 0 Å². The van der Waals surface area contributed by atoms with Gasteiger partial charge in [-0.05, 0) is 27.2 Å². The Labute approximate surface area is 110 Å². The van der Waals surface area contributed by atoms with Gasteiger partial charge in [-0.25, -0.2) is 0 Å². The molecule has 0 aliphatic rings. The van der Waals surface area contributed by atoms with Gasteiger partial charge in [-0.15, -0.1) is 0 Å². The van der Waals surface area contributed by atoms with E-state index in [-0.39, 0.29) is 5.60 Å². The molecule has 0 amide bonds. The molecule has 0 spiro atoms. The van der Waals surface area contributed by atoms with Gasteiger partial charge in [0.25, 0.3) is 0 Å². The zero-order valence-electron chi connectivity index (χ0n) is 11.8. The molecule has 0 aliphatic heterocycles. The van der Waals surface area contributed by atoms with E-state index in [9.17, 15) is 0 Å². The van der Waals surface area contributed by atoms with Crippen molar-refractivity contribution in [2.75, 3.05) is 25.1 Å². The zero-order chi connectivity index (χ0) is 13.4. The number of pyridine rings is 1. The van der Waals surface area contributed by atoms with Gasteiger partial charge in [0.1, 0.15) is 12.4 Å². The van der Waals surface area contributed by atoms with E-state index >= 15 is 0 Å². The van der Waals surface area contributed by atoms with Crippen LogP contribution in [0, 0.1) is 0 Å². The zero-order valence-corrected chi connectivity index (χ0v) is 11.8. The van der Waals surface area contributed by atoms with Gasteiger partial charge in [-0.1, -0.05) is 6.92 Å². The summed E-state index contributed by atoms with van der Waals surface area (Å²) in [6.07, 6.45) is 4.60. The molecule has 4 nitrogen and oxygen atoms in total. The SMILES string of the molecule is CCCNc1cncc(OCCOC(C)(C)C)c1. The highest BCUT2D eigenvalue weighted by atomic mass is 16.5. The van der Waals surface area contributed by atoms with Crippen LogP contribution in [0.15, 0.2) is 18.5 Å². The monoisotopic (exact) mass is 252 g/mol. The third-order valence-electron chi connectivity index (χ3n) is 2.18. The van der Waals surface area contributed by atoms with Crippen molar-refractivity contribution < 1.29 is 9.47 Å². The molecule has 0 unspecified atom stereocenters. The molecule has 0 fully saturated rings. The maximum absolute atomic E-state index is 5.59. The Kier molecular flexibility index (Phi) is 5.92. The molecule has 0 saturated carbocycles. The minimum atomic E-state index is -0.119. The molecule has 1 aromatic rings. The number of aromatic nitrogens is 1. The maximum atomic E-state index is 5.59. The quantitative estimate of drug-likeness (QED) is 0.757. The molecular formula is C14H24N2O2. The fraction of sp³-hybridized carbons (Fsp3) is 0.643. The summed E-state index contributed by atoms with van der Waals surface area (Å²) in [5.41, 5.74) is 0.873. The number of hydrogen-bond donors (Lipinski definition) is 1. The van der Waals surface area contributed by atoms with E-state index in [2.05, 4.69) is 17.2 Å². The Bertz CT molecular complexity index is 348. The molecule has 0 aromatic carbocycles. The number of nitrogens with one attached hydrogen (secondary N) is 1. The average molecular weight is 252 g/mol. The maximum Gasteiger partial charge on any atom is 0.139 e. The van der Waals surface area contributed by atoms with Gasteiger partial charge in [0.05, 0.1) is 30.3 Å². The summed E-state index contributed by atoms with van der Waals surface area (Å²) in [5, 5.41) is 3.28. The van der Waals surface area contributed by atoms with Gasteiger partial charge in [0, 0.05) is 12.6 Å². The molecule has 1 rings (SSSR count). The standard InChI is InChI=1S/C14H24N2O2/c1-5-6-16-12-9-13(11-15-10-12)17-7-8-18-14(2,3)4/h9-11,16H,5-8H2,1-4H3. The third-order valence-corrected chi connectivity index (χ3v) is 2.18. The minimum absolute atomic E-state index is 0.119. The fourth-order valence-electron chi connectivity index (χ4n) is 1.37. The summed E-state index contributed by atoms with van der Waals surface area (Å²) >= 11 is 0. The molecule has 1 heterocycles. The first-order valence-electron chi connectivity index (χ1n) is 6.47. The van der Waals surface area contributed by atoms with Gasteiger partial charge in [0.15, 0.2) is 0 Å². The Morgan fingerprint density at radius 3 is 2.67 bits per heavy atom. The van der Waals surface area contributed by atoms with Crippen molar-refractivity contribution in [2.45, 2.75) is 39.7 Å². The molecule has 0 radical (unpaired) electrons. The topological polar surface area (TPSA) is 43.4 Å². The number of anilines is 1. The number of ether oxygens (including phenoxy) is 2. The van der Waals surface area contributed by atoms with E-state index in [1.807, 2.05) is 26.8 Å². The van der Waals surface area contributed by atoms with Crippen molar-refractivity contribution in [3.8, 4) is 5.75 Å². The molecule has 4 heteroatoms. The summed E-state index contributed by atoms with van der Waals surface area (Å²) in [5.74, 6) is 0.772. The third kappa shape index (κ3) is 6.45. The van der Waals surface area contributed by atoms with Gasteiger partial charge in [-0.3, -0.25) is 4.98 Å². The van der Waals surface area contributed by atoms with E-state index < -0.39 is 0 Å². The summed E-state index contributed by atoms with van der Waals surface area (Å²) in [6, 6.07) is 1.96. The van der Waals surface area contributed by atoms with Gasteiger partial charge in [0.2, 0.25) is 0 Å². The van der Waals surface area contributed by atoms with E-state index in [0.29, 0.717) is 13.2 Å². The van der Waals surface area contributed by atoms with E-state index in [4.69, 9.17) is 9.47 Å². The van der Waals surface area contributed by atoms with Gasteiger partial charge < -0.3 is 14.8 Å². The molecule has 1 aromatic heterocycles. The second-order valence-electron chi connectivity index (χ2n) is 5.15. The summed E-state index contributed by atoms with van der Waals surface area (Å²) < 4.78 is 11.2. The number of rotatable bonds is 7. The molecule has 0 saturated heterocycles. The van der Waals surface area contributed by atoms with E-state index in [0.717, 1.165) is 24.4 Å². The lowest BCUT2D eigenvalue weighted by Crippen LogP contribution is -2.22. The molecule has 0 atom stereocenters. The van der Waals surface area contributed by atoms with Crippen LogP contribution in [0.25, 0.3) is 0 Å². The molecule has 102 valence electrons. The summed E-state index contributed by atoms with van der Waals surface area (Å²) in [6.45, 7) is 10.3. The van der Waals surface area contributed by atoms with Crippen LogP contribution < -0.4 is 10.1 Å². The van der Waals surface area contributed by atoms with E-state index in [1.54, 1.807) is 12.4 Å². The van der Waals surface area contributed by atoms with Gasteiger partial charge in [-0.2, -0.15) is 0 Å². The Balaban J connectivity index is 2.33. The average Bonchev–Trinajstić information content (AvgIpc) is 2.31. The van der Waals surface area contributed by atoms with Crippen molar-refractivity contribution in [1.29, 1.82) is 0 Å². The van der Waals surface area contributed by atoms with Crippen LogP contribution >= 0.6 is 0 Å². The fourth-order valence-corrected chi connectivity index (χ4v) is 1.37. The van der Waals surface area contributed by atoms with Crippen LogP contribution in [-0.2, 0) is 4.74 Å². The molecule has 18 heavy (non-hydrogen) atoms. The second-order valence-corrected chi connectivity index (χ2v) is 5.15. The van der Waals surface area contributed by atoms with Crippen LogP contribution in [0.4, 0.5) is 5.69 Å². The first-order valence-corrected chi connectivity index (χ1v) is 6.47. The van der Waals surface area contributed by atoms with Crippen LogP contribution in [0.2, 0.25) is 0 Å². The lowest BCUT2D eigenvalue weighted by atomic mass is 10.2. The Morgan fingerprint density at radius 2 is 2.00 bits per heavy atom. The highest BCUT2D eigenvalue weighted by Gasteiger charge is 2.09. The lowest BCUT2D eigenvalue weighted by Gasteiger charge is -2.19. The minimum Gasteiger partial charge on any atom is -0.489 e. The van der Waals surface area contributed by atoms with Crippen LogP contribution in [0.5, 0.6) is 5.75 Å². The normalized spacial score (nSPS) is 11.3. The van der Waals surface area contributed by atoms with Crippen molar-refractivity contribution in [3.05, 3.63) is 18.5 Å². The predicted octanol–water partition coefficient (Wildman–Crippen LogP) is 3.10. The van der Waals surface area contributed by atoms with Crippen LogP contribution in [-0.4, -0.2) is 30.3 Å². The van der Waals surface area contributed by atoms with Crippen molar-refractivity contribution in [3.63, 3.8) is 0 Å². The molecule has 0 aliphatic carbocycles. The highest BCUT2D eigenvalue weighted by molar-refractivity contribution is 5.44.